The third kappa shape index (κ3) is 4.35. The van der Waals surface area contributed by atoms with Gasteiger partial charge < -0.3 is 10.1 Å². The van der Waals surface area contributed by atoms with Crippen LogP contribution in [0.4, 0.5) is 0 Å². The lowest BCUT2D eigenvalue weighted by Crippen LogP contribution is -2.40. The van der Waals surface area contributed by atoms with Crippen LogP contribution in [0.1, 0.15) is 36.7 Å². The second-order valence-corrected chi connectivity index (χ2v) is 5.60. The van der Waals surface area contributed by atoms with Gasteiger partial charge in [-0.05, 0) is 45.4 Å². The number of halogens is 1. The number of carbonyl (C=O) groups is 2. The van der Waals surface area contributed by atoms with Crippen molar-refractivity contribution in [3.05, 3.63) is 27.7 Å². The lowest BCUT2D eigenvalue weighted by atomic mass is 10.1. The van der Waals surface area contributed by atoms with Crippen LogP contribution in [0.25, 0.3) is 0 Å². The summed E-state index contributed by atoms with van der Waals surface area (Å²) in [6.45, 7) is 7.26. The standard InChI is InChI=1S/C14H18BrNO3/c1-8(2)16-14(18)10(4)19-13-9(3)5-12(15)6-11(13)7-17/h5-8,10H,1-4H3,(H,16,18). The Bertz CT molecular complexity index is 486. The molecule has 0 heterocycles. The average molecular weight is 328 g/mol. The summed E-state index contributed by atoms with van der Waals surface area (Å²) in [6, 6.07) is 3.56. The zero-order chi connectivity index (χ0) is 14.6. The van der Waals surface area contributed by atoms with E-state index in [9.17, 15) is 9.59 Å². The Morgan fingerprint density at radius 3 is 2.53 bits per heavy atom. The maximum atomic E-state index is 11.8. The van der Waals surface area contributed by atoms with Gasteiger partial charge in [0.2, 0.25) is 0 Å². The predicted octanol–water partition coefficient (Wildman–Crippen LogP) is 2.86. The summed E-state index contributed by atoms with van der Waals surface area (Å²) in [4.78, 5) is 22.9. The normalized spacial score (nSPS) is 12.1. The Morgan fingerprint density at radius 1 is 1.37 bits per heavy atom. The second-order valence-electron chi connectivity index (χ2n) is 4.68. The van der Waals surface area contributed by atoms with Gasteiger partial charge in [0, 0.05) is 10.5 Å². The van der Waals surface area contributed by atoms with Gasteiger partial charge in [-0.15, -0.1) is 0 Å². The van der Waals surface area contributed by atoms with E-state index in [0.717, 1.165) is 16.3 Å². The molecule has 0 fully saturated rings. The van der Waals surface area contributed by atoms with Gasteiger partial charge in [-0.3, -0.25) is 9.59 Å². The minimum atomic E-state index is -0.652. The summed E-state index contributed by atoms with van der Waals surface area (Å²) < 4.78 is 6.43. The fourth-order valence-electron chi connectivity index (χ4n) is 1.64. The van der Waals surface area contributed by atoms with Crippen molar-refractivity contribution < 1.29 is 14.3 Å². The highest BCUT2D eigenvalue weighted by atomic mass is 79.9. The molecule has 1 amide bonds. The molecule has 0 spiro atoms. The first-order valence-corrected chi connectivity index (χ1v) is 6.86. The summed E-state index contributed by atoms with van der Waals surface area (Å²) >= 11 is 3.32. The molecule has 1 N–H and O–H groups in total. The van der Waals surface area contributed by atoms with Crippen LogP contribution in [0.2, 0.25) is 0 Å². The van der Waals surface area contributed by atoms with E-state index in [4.69, 9.17) is 4.74 Å². The van der Waals surface area contributed by atoms with Crippen LogP contribution >= 0.6 is 15.9 Å². The van der Waals surface area contributed by atoms with E-state index >= 15 is 0 Å². The summed E-state index contributed by atoms with van der Waals surface area (Å²) in [5, 5.41) is 2.77. The topological polar surface area (TPSA) is 55.4 Å². The lowest BCUT2D eigenvalue weighted by molar-refractivity contribution is -0.127. The third-order valence-electron chi connectivity index (χ3n) is 2.49. The van der Waals surface area contributed by atoms with Crippen LogP contribution in [-0.4, -0.2) is 24.3 Å². The Labute approximate surface area is 121 Å². The van der Waals surface area contributed by atoms with Gasteiger partial charge in [0.1, 0.15) is 5.75 Å². The minimum absolute atomic E-state index is 0.0510. The maximum absolute atomic E-state index is 11.8. The molecule has 1 aromatic carbocycles. The molecule has 0 aliphatic rings. The Morgan fingerprint density at radius 2 is 2.00 bits per heavy atom. The van der Waals surface area contributed by atoms with Crippen LogP contribution in [-0.2, 0) is 4.79 Å². The number of aldehydes is 1. The number of hydrogen-bond acceptors (Lipinski definition) is 3. The first-order valence-electron chi connectivity index (χ1n) is 6.07. The SMILES string of the molecule is Cc1cc(Br)cc(C=O)c1OC(C)C(=O)NC(C)C. The molecule has 0 saturated heterocycles. The maximum Gasteiger partial charge on any atom is 0.260 e. The van der Waals surface area contributed by atoms with Gasteiger partial charge in [-0.25, -0.2) is 0 Å². The van der Waals surface area contributed by atoms with Crippen molar-refractivity contribution in [2.45, 2.75) is 39.8 Å². The first kappa shape index (κ1) is 15.7. The molecule has 19 heavy (non-hydrogen) atoms. The fourth-order valence-corrected chi connectivity index (χ4v) is 2.23. The highest BCUT2D eigenvalue weighted by molar-refractivity contribution is 9.10. The van der Waals surface area contributed by atoms with E-state index in [1.165, 1.54) is 0 Å². The molecule has 0 aromatic heterocycles. The molecule has 1 unspecified atom stereocenters. The van der Waals surface area contributed by atoms with Gasteiger partial charge in [-0.2, -0.15) is 0 Å². The van der Waals surface area contributed by atoms with Crippen molar-refractivity contribution in [2.24, 2.45) is 0 Å². The molecule has 1 aromatic rings. The van der Waals surface area contributed by atoms with Crippen LogP contribution in [0.15, 0.2) is 16.6 Å². The third-order valence-corrected chi connectivity index (χ3v) is 2.95. The van der Waals surface area contributed by atoms with E-state index in [1.54, 1.807) is 13.0 Å². The molecule has 104 valence electrons. The van der Waals surface area contributed by atoms with Crippen LogP contribution < -0.4 is 10.1 Å². The molecule has 5 heteroatoms. The Kier molecular flexibility index (Phi) is 5.54. The molecule has 4 nitrogen and oxygen atoms in total. The van der Waals surface area contributed by atoms with Crippen molar-refractivity contribution in [3.63, 3.8) is 0 Å². The molecule has 0 saturated carbocycles. The summed E-state index contributed by atoms with van der Waals surface area (Å²) in [6.07, 6.45) is 0.0705. The number of amides is 1. The van der Waals surface area contributed by atoms with Gasteiger partial charge in [0.15, 0.2) is 12.4 Å². The number of carbonyl (C=O) groups excluding carboxylic acids is 2. The van der Waals surface area contributed by atoms with Crippen molar-refractivity contribution in [3.8, 4) is 5.75 Å². The number of benzene rings is 1. The summed E-state index contributed by atoms with van der Waals surface area (Å²) in [5.41, 5.74) is 1.23. The Balaban J connectivity index is 2.93. The van der Waals surface area contributed by atoms with Gasteiger partial charge in [0.25, 0.3) is 5.91 Å². The fraction of sp³-hybridized carbons (Fsp3) is 0.429. The minimum Gasteiger partial charge on any atom is -0.480 e. The lowest BCUT2D eigenvalue weighted by Gasteiger charge is -2.19. The van der Waals surface area contributed by atoms with Gasteiger partial charge in [0.05, 0.1) is 5.56 Å². The van der Waals surface area contributed by atoms with E-state index in [0.29, 0.717) is 11.3 Å². The molecule has 0 radical (unpaired) electrons. The quantitative estimate of drug-likeness (QED) is 0.846. The van der Waals surface area contributed by atoms with Crippen molar-refractivity contribution in [2.75, 3.05) is 0 Å². The first-order chi connectivity index (χ1) is 8.85. The van der Waals surface area contributed by atoms with Crippen molar-refractivity contribution >= 4 is 28.1 Å². The molecule has 0 aliphatic heterocycles. The molecule has 1 rings (SSSR count). The number of nitrogens with one attached hydrogen (secondary N) is 1. The molecular formula is C14H18BrNO3. The predicted molar refractivity (Wildman–Crippen MR) is 77.6 cm³/mol. The van der Waals surface area contributed by atoms with Gasteiger partial charge >= 0.3 is 0 Å². The van der Waals surface area contributed by atoms with E-state index in [2.05, 4.69) is 21.2 Å². The number of ether oxygens (including phenoxy) is 1. The number of aryl methyl sites for hydroxylation is 1. The molecular weight excluding hydrogens is 310 g/mol. The number of rotatable bonds is 5. The Hall–Kier alpha value is -1.36. The zero-order valence-corrected chi connectivity index (χ0v) is 13.1. The van der Waals surface area contributed by atoms with E-state index in [-0.39, 0.29) is 11.9 Å². The monoisotopic (exact) mass is 327 g/mol. The van der Waals surface area contributed by atoms with Crippen molar-refractivity contribution in [1.29, 1.82) is 0 Å². The average Bonchev–Trinajstić information content (AvgIpc) is 2.30. The van der Waals surface area contributed by atoms with Gasteiger partial charge in [-0.1, -0.05) is 15.9 Å². The molecule has 1 atom stereocenters. The van der Waals surface area contributed by atoms with Crippen LogP contribution in [0, 0.1) is 6.92 Å². The van der Waals surface area contributed by atoms with Crippen LogP contribution in [0.5, 0.6) is 5.75 Å². The van der Waals surface area contributed by atoms with E-state index < -0.39 is 6.10 Å². The second kappa shape index (κ2) is 6.70. The summed E-state index contributed by atoms with van der Waals surface area (Å²) in [7, 11) is 0. The van der Waals surface area contributed by atoms with E-state index in [1.807, 2.05) is 26.8 Å². The smallest absolute Gasteiger partial charge is 0.260 e. The zero-order valence-electron chi connectivity index (χ0n) is 11.5. The van der Waals surface area contributed by atoms with Crippen LogP contribution in [0.3, 0.4) is 0 Å². The highest BCUT2D eigenvalue weighted by Gasteiger charge is 2.18. The largest absolute Gasteiger partial charge is 0.480 e. The highest BCUT2D eigenvalue weighted by Crippen LogP contribution is 2.27. The molecule has 0 bridgehead atoms. The summed E-state index contributed by atoms with van der Waals surface area (Å²) in [5.74, 6) is 0.249. The van der Waals surface area contributed by atoms with Crippen molar-refractivity contribution in [1.82, 2.24) is 5.32 Å². The number of hydrogen-bond donors (Lipinski definition) is 1. The molecule has 0 aliphatic carbocycles.